The fraction of sp³-hybridized carbons (Fsp3) is 0.450. The molecule has 7 rings (SSSR count). The number of nitrogens with two attached hydrogens (primary N) is 1. The number of amides is 4. The van der Waals surface area contributed by atoms with Crippen LogP contribution in [0.25, 0.3) is 22.3 Å². The molecule has 5 heterocycles. The predicted molar refractivity (Wildman–Crippen MR) is 215 cm³/mol. The Balaban J connectivity index is 0.811. The third-order valence-electron chi connectivity index (χ3n) is 10.5. The van der Waals surface area contributed by atoms with Crippen molar-refractivity contribution in [3.63, 3.8) is 0 Å². The van der Waals surface area contributed by atoms with Crippen molar-refractivity contribution in [2.24, 2.45) is 0 Å². The SMILES string of the molecule is CN(C/C=C/C(=O)N1CC[C@@H](n2nc(-c3ccc(Oc4ccccc4)cc3)c3c(N)ncnc32)C1)CCCCNC(=O)CCCCC1SC[C@@H]2NC(=O)N[C@H]12. The number of nitrogens with one attached hydrogen (secondary N) is 3. The number of rotatable bonds is 17. The summed E-state index contributed by atoms with van der Waals surface area (Å²) in [6, 6.07) is 17.7. The van der Waals surface area contributed by atoms with Gasteiger partial charge in [0.2, 0.25) is 11.8 Å². The Hall–Kier alpha value is -5.15. The molecule has 0 bridgehead atoms. The van der Waals surface area contributed by atoms with E-state index in [0.717, 1.165) is 62.1 Å². The Morgan fingerprint density at radius 2 is 1.87 bits per heavy atom. The highest BCUT2D eigenvalue weighted by molar-refractivity contribution is 8.00. The fourth-order valence-corrected chi connectivity index (χ4v) is 9.07. The van der Waals surface area contributed by atoms with Gasteiger partial charge in [-0.1, -0.05) is 30.7 Å². The summed E-state index contributed by atoms with van der Waals surface area (Å²) in [5.41, 5.74) is 8.58. The van der Waals surface area contributed by atoms with Crippen LogP contribution < -0.4 is 26.4 Å². The molecule has 0 spiro atoms. The first kappa shape index (κ1) is 38.1. The minimum atomic E-state index is -0.0573. The number of nitrogens with zero attached hydrogens (tertiary/aromatic N) is 6. The lowest BCUT2D eigenvalue weighted by Gasteiger charge is -2.16. The minimum absolute atomic E-state index is 0.0213. The number of likely N-dealkylation sites (N-methyl/N-ethyl adjacent to an activating group) is 1. The molecule has 0 saturated carbocycles. The fourth-order valence-electron chi connectivity index (χ4n) is 7.53. The first-order valence-electron chi connectivity index (χ1n) is 19.2. The third-order valence-corrected chi connectivity index (χ3v) is 12.0. The smallest absolute Gasteiger partial charge is 0.315 e. The van der Waals surface area contributed by atoms with Crippen molar-refractivity contribution in [1.29, 1.82) is 0 Å². The molecule has 4 amide bonds. The van der Waals surface area contributed by atoms with Gasteiger partial charge in [-0.05, 0) is 82.1 Å². The van der Waals surface area contributed by atoms with Crippen LogP contribution in [0.5, 0.6) is 11.5 Å². The molecular weight excluding hydrogens is 717 g/mol. The standard InChI is InChI=1S/C40H50N10O4S/c1-48(21-8-7-20-42-33(51)13-6-5-12-32-37-31(25-55-32)45-40(53)46-37)22-9-14-34(52)49-23-19-28(24-49)50-39-35(38(41)43-26-44-39)36(47-50)27-15-17-30(18-16-27)54-29-10-3-2-4-11-29/h2-4,9-11,14-18,26,28,31-32,37H,5-8,12-13,19-25H2,1H3,(H,42,51)(H2,41,43,44)(H2,45,46,53)/b14-9+/t28-,31+,32?,37+/m1/s1. The maximum atomic E-state index is 13.2. The number of ether oxygens (including phenoxy) is 1. The number of likely N-dealkylation sites (tertiary alicyclic amines) is 1. The Bertz CT molecular complexity index is 1970. The largest absolute Gasteiger partial charge is 0.457 e. The van der Waals surface area contributed by atoms with Crippen molar-refractivity contribution in [1.82, 2.24) is 45.5 Å². The van der Waals surface area contributed by atoms with E-state index in [0.29, 0.717) is 66.1 Å². The lowest BCUT2D eigenvalue weighted by Crippen LogP contribution is -2.36. The van der Waals surface area contributed by atoms with Crippen LogP contribution in [-0.2, 0) is 9.59 Å². The van der Waals surface area contributed by atoms with Gasteiger partial charge in [0.15, 0.2) is 5.65 Å². The molecule has 2 aromatic heterocycles. The molecule has 15 heteroatoms. The highest BCUT2D eigenvalue weighted by Crippen LogP contribution is 2.35. The van der Waals surface area contributed by atoms with E-state index in [4.69, 9.17) is 15.6 Å². The van der Waals surface area contributed by atoms with Crippen LogP contribution in [0.4, 0.5) is 10.6 Å². The van der Waals surface area contributed by atoms with Gasteiger partial charge in [0.1, 0.15) is 29.3 Å². The van der Waals surface area contributed by atoms with Crippen LogP contribution in [-0.4, -0.2) is 110 Å². The number of aromatic nitrogens is 4. The van der Waals surface area contributed by atoms with Gasteiger partial charge in [0.05, 0.1) is 23.5 Å². The summed E-state index contributed by atoms with van der Waals surface area (Å²) in [5.74, 6) is 2.87. The molecule has 1 unspecified atom stereocenters. The number of nitrogen functional groups attached to an aromatic ring is 1. The van der Waals surface area contributed by atoms with Gasteiger partial charge in [-0.3, -0.25) is 9.59 Å². The van der Waals surface area contributed by atoms with Crippen molar-refractivity contribution in [3.05, 3.63) is 73.1 Å². The normalized spacial score (nSPS) is 20.6. The third kappa shape index (κ3) is 9.57. The van der Waals surface area contributed by atoms with Gasteiger partial charge in [-0.2, -0.15) is 16.9 Å². The van der Waals surface area contributed by atoms with Gasteiger partial charge in [-0.15, -0.1) is 0 Å². The van der Waals surface area contributed by atoms with Crippen molar-refractivity contribution < 1.29 is 19.1 Å². The molecule has 290 valence electrons. The Morgan fingerprint density at radius 3 is 2.71 bits per heavy atom. The minimum Gasteiger partial charge on any atom is -0.457 e. The van der Waals surface area contributed by atoms with E-state index in [2.05, 4.69) is 30.8 Å². The van der Waals surface area contributed by atoms with Gasteiger partial charge in [0, 0.05) is 55.2 Å². The average molecular weight is 767 g/mol. The topological polar surface area (TPSA) is 173 Å². The molecule has 4 atom stereocenters. The maximum absolute atomic E-state index is 13.2. The van der Waals surface area contributed by atoms with Crippen molar-refractivity contribution in [2.75, 3.05) is 51.3 Å². The zero-order valence-electron chi connectivity index (χ0n) is 31.2. The number of unbranched alkanes of at least 4 members (excludes halogenated alkanes) is 2. The van der Waals surface area contributed by atoms with Gasteiger partial charge in [0.25, 0.3) is 0 Å². The summed E-state index contributed by atoms with van der Waals surface area (Å²) in [7, 11) is 2.04. The van der Waals surface area contributed by atoms with Crippen molar-refractivity contribution >= 4 is 46.5 Å². The summed E-state index contributed by atoms with van der Waals surface area (Å²) >= 11 is 1.91. The zero-order chi connectivity index (χ0) is 38.1. The Kier molecular flexibility index (Phi) is 12.5. The molecule has 4 aromatic rings. The predicted octanol–water partition coefficient (Wildman–Crippen LogP) is 4.75. The molecular formula is C40H50N10O4S. The summed E-state index contributed by atoms with van der Waals surface area (Å²) in [5, 5.41) is 15.2. The maximum Gasteiger partial charge on any atom is 0.315 e. The first-order chi connectivity index (χ1) is 26.8. The summed E-state index contributed by atoms with van der Waals surface area (Å²) in [6.45, 7) is 3.34. The lowest BCUT2D eigenvalue weighted by molar-refractivity contribution is -0.125. The molecule has 55 heavy (non-hydrogen) atoms. The Morgan fingerprint density at radius 1 is 1.05 bits per heavy atom. The van der Waals surface area contributed by atoms with E-state index < -0.39 is 0 Å². The Labute approximate surface area is 325 Å². The zero-order valence-corrected chi connectivity index (χ0v) is 32.0. The summed E-state index contributed by atoms with van der Waals surface area (Å²) < 4.78 is 7.86. The van der Waals surface area contributed by atoms with Crippen LogP contribution in [0.3, 0.4) is 0 Å². The molecule has 3 fully saturated rings. The highest BCUT2D eigenvalue weighted by atomic mass is 32.2. The van der Waals surface area contributed by atoms with Crippen LogP contribution >= 0.6 is 11.8 Å². The number of fused-ring (bicyclic) bond motifs is 2. The van der Waals surface area contributed by atoms with E-state index in [1.54, 1.807) is 6.08 Å². The van der Waals surface area contributed by atoms with Gasteiger partial charge < -0.3 is 36.2 Å². The number of benzene rings is 2. The second-order valence-electron chi connectivity index (χ2n) is 14.5. The van der Waals surface area contributed by atoms with E-state index in [1.807, 2.05) is 89.1 Å². The van der Waals surface area contributed by atoms with Gasteiger partial charge >= 0.3 is 6.03 Å². The van der Waals surface area contributed by atoms with E-state index in [-0.39, 0.29) is 36.0 Å². The van der Waals surface area contributed by atoms with Crippen LogP contribution in [0.1, 0.15) is 51.0 Å². The van der Waals surface area contributed by atoms with E-state index >= 15 is 0 Å². The number of carbonyl (C=O) groups is 3. The first-order valence-corrected chi connectivity index (χ1v) is 20.3. The second-order valence-corrected chi connectivity index (χ2v) is 15.8. The quantitative estimate of drug-likeness (QED) is 0.0668. The van der Waals surface area contributed by atoms with Crippen LogP contribution in [0, 0.1) is 0 Å². The molecule has 3 saturated heterocycles. The molecule has 2 aromatic carbocycles. The van der Waals surface area contributed by atoms with E-state index in [9.17, 15) is 14.4 Å². The molecule has 0 aliphatic carbocycles. The summed E-state index contributed by atoms with van der Waals surface area (Å²) in [4.78, 5) is 49.9. The van der Waals surface area contributed by atoms with Crippen LogP contribution in [0.2, 0.25) is 0 Å². The molecule has 5 N–H and O–H groups in total. The van der Waals surface area contributed by atoms with Gasteiger partial charge in [-0.25, -0.2) is 19.4 Å². The molecule has 14 nitrogen and oxygen atoms in total. The second kappa shape index (κ2) is 18.0. The number of carbonyl (C=O) groups excluding carboxylic acids is 3. The molecule has 3 aliphatic rings. The number of hydrogen-bond donors (Lipinski definition) is 4. The molecule has 0 radical (unpaired) electrons. The number of para-hydroxylation sites is 1. The number of hydrogen-bond acceptors (Lipinski definition) is 10. The van der Waals surface area contributed by atoms with E-state index in [1.165, 1.54) is 6.33 Å². The molecule has 3 aliphatic heterocycles. The monoisotopic (exact) mass is 766 g/mol. The summed E-state index contributed by atoms with van der Waals surface area (Å²) in [6.07, 6.45) is 11.0. The number of urea groups is 1. The highest BCUT2D eigenvalue weighted by Gasteiger charge is 2.42. The van der Waals surface area contributed by atoms with Crippen molar-refractivity contribution in [3.8, 4) is 22.8 Å². The number of thioether (sulfide) groups is 1. The van der Waals surface area contributed by atoms with Crippen LogP contribution in [0.15, 0.2) is 73.1 Å². The number of anilines is 1. The lowest BCUT2D eigenvalue weighted by atomic mass is 10.0. The van der Waals surface area contributed by atoms with Crippen molar-refractivity contribution in [2.45, 2.75) is 68.3 Å². The average Bonchev–Trinajstić information content (AvgIpc) is 3.98.